The highest BCUT2D eigenvalue weighted by molar-refractivity contribution is 5.82. The molecule has 6 nitrogen and oxygen atoms in total. The van der Waals surface area contributed by atoms with Gasteiger partial charge in [-0.05, 0) is 39.0 Å². The van der Waals surface area contributed by atoms with Crippen molar-refractivity contribution in [1.82, 2.24) is 9.97 Å². The molecule has 0 spiro atoms. The summed E-state index contributed by atoms with van der Waals surface area (Å²) >= 11 is 0. The maximum absolute atomic E-state index is 14.3. The molecule has 1 N–H and O–H groups in total. The lowest BCUT2D eigenvalue weighted by atomic mass is 10.1. The zero-order valence-corrected chi connectivity index (χ0v) is 19.4. The highest BCUT2D eigenvalue weighted by Crippen LogP contribution is 2.25. The van der Waals surface area contributed by atoms with Crippen LogP contribution in [0, 0.1) is 5.82 Å². The van der Waals surface area contributed by atoms with Gasteiger partial charge in [0.25, 0.3) is 6.43 Å². The van der Waals surface area contributed by atoms with Crippen molar-refractivity contribution in [2.24, 2.45) is 4.99 Å². The molecule has 2 aromatic rings. The number of unbranched alkanes of at least 4 members (excludes halogenated alkanes) is 1. The minimum atomic E-state index is -2.91. The molecule has 0 aliphatic rings. The summed E-state index contributed by atoms with van der Waals surface area (Å²) in [6, 6.07) is 3.78. The number of nitrogens with zero attached hydrogens (tertiary/aromatic N) is 3. The van der Waals surface area contributed by atoms with Crippen molar-refractivity contribution in [3.8, 4) is 0 Å². The number of aromatic nitrogens is 2. The van der Waals surface area contributed by atoms with E-state index in [0.717, 1.165) is 49.5 Å². The van der Waals surface area contributed by atoms with E-state index in [1.807, 2.05) is 6.92 Å². The van der Waals surface area contributed by atoms with Gasteiger partial charge in [-0.25, -0.2) is 28.1 Å². The SMILES string of the molecule is CC=O.CCCOCCCCc1nc(CO)nc(N=Cc2cccc(C(F)F)c2F)c1CC. The lowest BCUT2D eigenvalue weighted by Crippen LogP contribution is -2.06. The first-order valence-electron chi connectivity index (χ1n) is 11.0. The van der Waals surface area contributed by atoms with Crippen LogP contribution in [0.5, 0.6) is 0 Å². The van der Waals surface area contributed by atoms with Crippen molar-refractivity contribution in [3.63, 3.8) is 0 Å². The van der Waals surface area contributed by atoms with E-state index in [9.17, 15) is 18.3 Å². The number of hydrogen-bond acceptors (Lipinski definition) is 6. The molecule has 1 aromatic heterocycles. The van der Waals surface area contributed by atoms with E-state index in [2.05, 4.69) is 21.9 Å². The average Bonchev–Trinajstić information content (AvgIpc) is 2.80. The van der Waals surface area contributed by atoms with Crippen LogP contribution in [0.4, 0.5) is 19.0 Å². The molecule has 0 unspecified atom stereocenters. The summed E-state index contributed by atoms with van der Waals surface area (Å²) in [5.41, 5.74) is 0.859. The molecule has 1 aromatic carbocycles. The van der Waals surface area contributed by atoms with Crippen LogP contribution >= 0.6 is 0 Å². The highest BCUT2D eigenvalue weighted by atomic mass is 19.3. The van der Waals surface area contributed by atoms with Gasteiger partial charge in [-0.3, -0.25) is 0 Å². The van der Waals surface area contributed by atoms with E-state index in [4.69, 9.17) is 9.53 Å². The first-order valence-corrected chi connectivity index (χ1v) is 11.0. The average molecular weight is 468 g/mol. The van der Waals surface area contributed by atoms with Crippen molar-refractivity contribution in [2.75, 3.05) is 13.2 Å². The lowest BCUT2D eigenvalue weighted by Gasteiger charge is -2.11. The molecule has 0 aliphatic carbocycles. The molecule has 0 radical (unpaired) electrons. The van der Waals surface area contributed by atoms with Gasteiger partial charge in [-0.1, -0.05) is 32.0 Å². The number of aliphatic hydroxyl groups excluding tert-OH is 1. The van der Waals surface area contributed by atoms with Crippen molar-refractivity contribution < 1.29 is 27.8 Å². The molecule has 0 atom stereocenters. The van der Waals surface area contributed by atoms with E-state index < -0.39 is 17.8 Å². The van der Waals surface area contributed by atoms with E-state index in [1.54, 1.807) is 0 Å². The Bertz CT molecular complexity index is 893. The molecule has 9 heteroatoms. The van der Waals surface area contributed by atoms with Crippen molar-refractivity contribution in [2.45, 2.75) is 65.9 Å². The molecule has 2 rings (SSSR count). The smallest absolute Gasteiger partial charge is 0.266 e. The molecule has 1 heterocycles. The van der Waals surface area contributed by atoms with Crippen LogP contribution in [-0.2, 0) is 29.0 Å². The summed E-state index contributed by atoms with van der Waals surface area (Å²) in [7, 11) is 0. The minimum Gasteiger partial charge on any atom is -0.388 e. The summed E-state index contributed by atoms with van der Waals surface area (Å²) in [6.45, 7) is 6.50. The van der Waals surface area contributed by atoms with Gasteiger partial charge >= 0.3 is 0 Å². The number of aldehydes is 1. The molecule has 33 heavy (non-hydrogen) atoms. The topological polar surface area (TPSA) is 84.7 Å². The summed E-state index contributed by atoms with van der Waals surface area (Å²) in [6.07, 6.45) is 3.02. The highest BCUT2D eigenvalue weighted by Gasteiger charge is 2.16. The third-order valence-corrected chi connectivity index (χ3v) is 4.53. The van der Waals surface area contributed by atoms with Gasteiger partial charge in [0.2, 0.25) is 0 Å². The summed E-state index contributed by atoms with van der Waals surface area (Å²) in [4.78, 5) is 21.7. The molecular weight excluding hydrogens is 435 g/mol. The molecule has 0 saturated carbocycles. The molecule has 0 fully saturated rings. The Balaban J connectivity index is 0.00000172. The Morgan fingerprint density at radius 2 is 1.91 bits per heavy atom. The Kier molecular flexibility index (Phi) is 13.8. The van der Waals surface area contributed by atoms with Gasteiger partial charge in [-0.15, -0.1) is 0 Å². The Morgan fingerprint density at radius 3 is 2.52 bits per heavy atom. The maximum Gasteiger partial charge on any atom is 0.266 e. The Hall–Kier alpha value is -2.65. The second kappa shape index (κ2) is 16.0. The maximum atomic E-state index is 14.3. The number of ether oxygens (including phenoxy) is 1. The van der Waals surface area contributed by atoms with E-state index in [0.29, 0.717) is 25.3 Å². The second-order valence-electron chi connectivity index (χ2n) is 7.01. The van der Waals surface area contributed by atoms with Crippen LogP contribution in [0.1, 0.15) is 74.7 Å². The molecule has 182 valence electrons. The lowest BCUT2D eigenvalue weighted by molar-refractivity contribution is -0.106. The van der Waals surface area contributed by atoms with Crippen molar-refractivity contribution >= 4 is 18.3 Å². The van der Waals surface area contributed by atoms with Crippen molar-refractivity contribution in [1.29, 1.82) is 0 Å². The predicted octanol–water partition coefficient (Wildman–Crippen LogP) is 5.31. The van der Waals surface area contributed by atoms with Gasteiger partial charge in [0.05, 0.1) is 5.56 Å². The number of halogens is 3. The number of aryl methyl sites for hydroxylation is 1. The minimum absolute atomic E-state index is 0.0476. The third-order valence-electron chi connectivity index (χ3n) is 4.53. The number of alkyl halides is 2. The number of hydrogen-bond donors (Lipinski definition) is 1. The van der Waals surface area contributed by atoms with Gasteiger partial charge in [-0.2, -0.15) is 0 Å². The van der Waals surface area contributed by atoms with Crippen LogP contribution in [0.2, 0.25) is 0 Å². The summed E-state index contributed by atoms with van der Waals surface area (Å²) < 4.78 is 45.6. The quantitative estimate of drug-likeness (QED) is 0.260. The fourth-order valence-corrected chi connectivity index (χ4v) is 3.02. The number of rotatable bonds is 12. The van der Waals surface area contributed by atoms with Gasteiger partial charge in [0.1, 0.15) is 18.7 Å². The molecule has 0 aliphatic heterocycles. The first-order chi connectivity index (χ1) is 15.9. The standard InChI is InChI=1S/C22H28F3N3O2.C2H4O/c1-3-11-30-12-6-5-10-18-16(4-2)22(28-19(14-29)27-18)26-13-15-8-7-9-17(20(15)23)21(24)25;1-2-3/h7-9,13,21,29H,3-6,10-12,14H2,1-2H3;2H,1H3. The fourth-order valence-electron chi connectivity index (χ4n) is 3.02. The monoisotopic (exact) mass is 467 g/mol. The van der Waals surface area contributed by atoms with Crippen LogP contribution < -0.4 is 0 Å². The molecule has 0 amide bonds. The summed E-state index contributed by atoms with van der Waals surface area (Å²) in [5, 5.41) is 9.51. The van der Waals surface area contributed by atoms with Crippen LogP contribution in [0.15, 0.2) is 23.2 Å². The van der Waals surface area contributed by atoms with Gasteiger partial charge in [0.15, 0.2) is 11.6 Å². The molecule has 0 saturated heterocycles. The number of benzene rings is 1. The van der Waals surface area contributed by atoms with Gasteiger partial charge < -0.3 is 14.6 Å². The number of aliphatic imine (C=N–C) groups is 1. The van der Waals surface area contributed by atoms with Crippen molar-refractivity contribution in [3.05, 3.63) is 52.2 Å². The predicted molar refractivity (Wildman–Crippen MR) is 122 cm³/mol. The zero-order chi connectivity index (χ0) is 24.6. The Morgan fingerprint density at radius 1 is 1.18 bits per heavy atom. The van der Waals surface area contributed by atoms with Crippen LogP contribution in [0.25, 0.3) is 0 Å². The van der Waals surface area contributed by atoms with E-state index in [1.165, 1.54) is 25.3 Å². The fraction of sp³-hybridized carbons (Fsp3) is 0.500. The number of carbonyl (C=O) groups excluding carboxylic acids is 1. The number of aliphatic hydroxyl groups is 1. The number of carbonyl (C=O) groups is 1. The van der Waals surface area contributed by atoms with E-state index >= 15 is 0 Å². The van der Waals surface area contributed by atoms with E-state index in [-0.39, 0.29) is 18.0 Å². The third kappa shape index (κ3) is 9.39. The Labute approximate surface area is 193 Å². The summed E-state index contributed by atoms with van der Waals surface area (Å²) in [5.74, 6) is -0.466. The van der Waals surface area contributed by atoms with Gasteiger partial charge in [0, 0.05) is 36.2 Å². The zero-order valence-electron chi connectivity index (χ0n) is 19.4. The second-order valence-corrected chi connectivity index (χ2v) is 7.01. The molecule has 0 bridgehead atoms. The van der Waals surface area contributed by atoms with Crippen LogP contribution in [0.3, 0.4) is 0 Å². The largest absolute Gasteiger partial charge is 0.388 e. The first kappa shape index (κ1) is 28.4. The van der Waals surface area contributed by atoms with Crippen LogP contribution in [-0.4, -0.2) is 40.8 Å². The molecular formula is C24H32F3N3O3. The normalized spacial score (nSPS) is 11.0.